The van der Waals surface area contributed by atoms with Gasteiger partial charge in [-0.2, -0.15) is 10.1 Å². The molecule has 6 rings (SSSR count). The van der Waals surface area contributed by atoms with Gasteiger partial charge in [0.15, 0.2) is 0 Å². The number of benzene rings is 2. The molecule has 14 heteroatoms. The first-order chi connectivity index (χ1) is 24.4. The predicted octanol–water partition coefficient (Wildman–Crippen LogP) is 4.39. The number of nitrogens with one attached hydrogen (secondary N) is 2. The molecule has 3 N–H and O–H groups in total. The summed E-state index contributed by atoms with van der Waals surface area (Å²) in [4.78, 5) is 56.4. The van der Waals surface area contributed by atoms with Crippen LogP contribution in [0.2, 0.25) is 0 Å². The summed E-state index contributed by atoms with van der Waals surface area (Å²) in [6.45, 7) is 5.23. The first-order valence-electron chi connectivity index (χ1n) is 17.3. The van der Waals surface area contributed by atoms with Crippen molar-refractivity contribution in [3.05, 3.63) is 66.2 Å². The highest BCUT2D eigenvalue weighted by Crippen LogP contribution is 2.45. The Labute approximate surface area is 295 Å². The first-order valence-corrected chi connectivity index (χ1v) is 17.3. The molecule has 3 heterocycles. The number of aromatic nitrogens is 4. The second-order valence-electron chi connectivity index (χ2n) is 14.4. The summed E-state index contributed by atoms with van der Waals surface area (Å²) in [5, 5.41) is 38.0. The van der Waals surface area contributed by atoms with Gasteiger partial charge in [-0.15, -0.1) is 10.2 Å². The number of hydrogen-bond acceptors (Lipinski definition) is 9. The minimum atomic E-state index is -1.45. The van der Waals surface area contributed by atoms with Gasteiger partial charge >= 0.3 is 12.1 Å². The van der Waals surface area contributed by atoms with Crippen molar-refractivity contribution in [1.82, 2.24) is 35.7 Å². The quantitative estimate of drug-likeness (QED) is 0.323. The fourth-order valence-electron chi connectivity index (χ4n) is 6.77. The number of ether oxygens (including phenoxy) is 1. The van der Waals surface area contributed by atoms with E-state index >= 15 is 0 Å². The normalized spacial score (nSPS) is 26.0. The Morgan fingerprint density at radius 2 is 1.84 bits per heavy atom. The van der Waals surface area contributed by atoms with E-state index in [9.17, 15) is 24.3 Å². The summed E-state index contributed by atoms with van der Waals surface area (Å²) < 4.78 is 5.47. The molecule has 2 aromatic carbocycles. The van der Waals surface area contributed by atoms with Gasteiger partial charge in [0.05, 0.1) is 17.7 Å². The third-order valence-corrected chi connectivity index (χ3v) is 9.55. The van der Waals surface area contributed by atoms with Crippen LogP contribution in [-0.2, 0) is 19.1 Å². The molecule has 2 aliphatic heterocycles. The molecule has 2 fully saturated rings. The molecule has 0 unspecified atom stereocenters. The highest BCUT2D eigenvalue weighted by molar-refractivity contribution is 5.96. The number of hydrogen-bond donors (Lipinski definition) is 3. The highest BCUT2D eigenvalue weighted by Gasteiger charge is 2.61. The summed E-state index contributed by atoms with van der Waals surface area (Å²) in [5.74, 6) is -2.20. The van der Waals surface area contributed by atoms with E-state index in [0.29, 0.717) is 29.8 Å². The molecule has 0 radical (unpaired) electrons. The number of amides is 3. The fraction of sp³-hybridized carbons (Fsp3) is 0.459. The smallest absolute Gasteiger partial charge is 0.408 e. The summed E-state index contributed by atoms with van der Waals surface area (Å²) in [6, 6.07) is 14.3. The monoisotopic (exact) mass is 694 g/mol. The minimum Gasteiger partial charge on any atom is -0.479 e. The van der Waals surface area contributed by atoms with Crippen molar-refractivity contribution in [3.63, 3.8) is 0 Å². The van der Waals surface area contributed by atoms with Gasteiger partial charge in [0.1, 0.15) is 23.2 Å². The van der Waals surface area contributed by atoms with Crippen LogP contribution in [0.4, 0.5) is 4.79 Å². The van der Waals surface area contributed by atoms with Gasteiger partial charge in [-0.1, -0.05) is 55.3 Å². The Balaban J connectivity index is 1.28. The number of carboxylic acids is 1. The van der Waals surface area contributed by atoms with Crippen LogP contribution in [0.5, 0.6) is 0 Å². The first kappa shape index (κ1) is 35.3. The number of carbonyl (C=O) groups is 4. The third kappa shape index (κ3) is 7.93. The second kappa shape index (κ2) is 14.3. The van der Waals surface area contributed by atoms with E-state index < -0.39 is 53.1 Å². The van der Waals surface area contributed by atoms with Gasteiger partial charge in [0.2, 0.25) is 17.6 Å². The van der Waals surface area contributed by atoms with E-state index in [1.165, 1.54) is 9.70 Å². The molecule has 1 aliphatic carbocycles. The van der Waals surface area contributed by atoms with Crippen LogP contribution in [-0.4, -0.2) is 83.9 Å². The molecule has 14 nitrogen and oxygen atoms in total. The van der Waals surface area contributed by atoms with Crippen molar-refractivity contribution in [2.24, 2.45) is 5.92 Å². The van der Waals surface area contributed by atoms with Crippen LogP contribution < -0.4 is 10.6 Å². The topological polar surface area (TPSA) is 192 Å². The molecule has 5 atom stereocenters. The Morgan fingerprint density at radius 1 is 1.08 bits per heavy atom. The number of nitrogens with zero attached hydrogens (tertiary/aromatic N) is 6. The zero-order valence-electron chi connectivity index (χ0n) is 28.9. The lowest BCUT2D eigenvalue weighted by Crippen LogP contribution is -2.56. The summed E-state index contributed by atoms with van der Waals surface area (Å²) >= 11 is 0. The van der Waals surface area contributed by atoms with E-state index in [2.05, 4.69) is 32.1 Å². The van der Waals surface area contributed by atoms with Crippen molar-refractivity contribution in [1.29, 1.82) is 5.26 Å². The van der Waals surface area contributed by atoms with Crippen molar-refractivity contribution < 1.29 is 29.0 Å². The Bertz CT molecular complexity index is 1880. The van der Waals surface area contributed by atoms with Crippen LogP contribution in [0.25, 0.3) is 22.5 Å². The van der Waals surface area contributed by atoms with E-state index in [1.54, 1.807) is 32.9 Å². The molecule has 1 aromatic heterocycles. The summed E-state index contributed by atoms with van der Waals surface area (Å²) in [5.41, 5.74) is 0.824. The van der Waals surface area contributed by atoms with E-state index in [4.69, 9.17) is 10.00 Å². The second-order valence-corrected chi connectivity index (χ2v) is 14.4. The van der Waals surface area contributed by atoms with Crippen LogP contribution in [0, 0.1) is 17.2 Å². The van der Waals surface area contributed by atoms with Gasteiger partial charge < -0.3 is 25.4 Å². The maximum Gasteiger partial charge on any atom is 0.408 e. The van der Waals surface area contributed by atoms with Gasteiger partial charge in [-0.05, 0) is 81.0 Å². The number of allylic oxidation sites excluding steroid dienone is 1. The van der Waals surface area contributed by atoms with Gasteiger partial charge in [-0.25, -0.2) is 9.59 Å². The van der Waals surface area contributed by atoms with E-state index in [1.807, 2.05) is 48.6 Å². The molecular weight excluding hydrogens is 652 g/mol. The number of carbonyl (C=O) groups excluding carboxylic acids is 3. The molecule has 0 bridgehead atoms. The van der Waals surface area contributed by atoms with Gasteiger partial charge in [-0.3, -0.25) is 9.59 Å². The van der Waals surface area contributed by atoms with E-state index in [0.717, 1.165) is 30.4 Å². The SMILES string of the molecule is CC(C)(C)OC(=O)N[C@@H]1CCCCC/C=C\[C@H]2C[C@]2(C(=O)O)NC(=O)[C@@H]2C[C@H](n3nnc(-c4cccc(-c5ccc(C#N)cc5)c4)n3)CN2C1=O. The standard InChI is InChI=1S/C37H42N8O6/c1-36(2,3)51-35(50)39-29-13-8-6-4-5-7-12-27-20-37(27,34(48)49)40-32(46)30-19-28(22-44(30)33(29)47)45-42-31(41-43-45)26-11-9-10-25(18-26)24-16-14-23(21-38)15-17-24/h7,9-12,14-18,27-30H,4-6,8,13,19-20,22H2,1-3H3,(H,39,50)(H,40,46)(H,48,49)/b12-7-/t27-,28-,29+,30-,37-/m0/s1. The molecule has 266 valence electrons. The number of aliphatic carboxylic acids is 1. The molecule has 0 spiro atoms. The van der Waals surface area contributed by atoms with E-state index in [-0.39, 0.29) is 25.3 Å². The Kier molecular flexibility index (Phi) is 9.91. The molecule has 3 amide bonds. The van der Waals surface area contributed by atoms with Crippen molar-refractivity contribution >= 4 is 23.9 Å². The lowest BCUT2D eigenvalue weighted by atomic mass is 10.0. The minimum absolute atomic E-state index is 0.0356. The average molecular weight is 695 g/mol. The maximum atomic E-state index is 14.3. The maximum absolute atomic E-state index is 14.3. The number of alkyl carbamates (subject to hydrolysis) is 1. The van der Waals surface area contributed by atoms with Crippen LogP contribution >= 0.6 is 0 Å². The lowest BCUT2D eigenvalue weighted by Gasteiger charge is -2.30. The molecule has 1 saturated carbocycles. The zero-order valence-corrected chi connectivity index (χ0v) is 28.9. The number of carboxylic acid groups (broad SMARTS) is 1. The molecular formula is C37H42N8O6. The lowest BCUT2D eigenvalue weighted by molar-refractivity contribution is -0.145. The van der Waals surface area contributed by atoms with Crippen LogP contribution in [0.1, 0.15) is 77.3 Å². The van der Waals surface area contributed by atoms with Crippen molar-refractivity contribution in [2.45, 2.75) is 95.0 Å². The van der Waals surface area contributed by atoms with Crippen LogP contribution in [0.3, 0.4) is 0 Å². The molecule has 1 saturated heterocycles. The van der Waals surface area contributed by atoms with Gasteiger partial charge in [0, 0.05) is 24.4 Å². The third-order valence-electron chi connectivity index (χ3n) is 9.55. The average Bonchev–Trinajstić information content (AvgIpc) is 3.40. The summed E-state index contributed by atoms with van der Waals surface area (Å²) in [7, 11) is 0. The van der Waals surface area contributed by atoms with Crippen molar-refractivity contribution in [2.75, 3.05) is 6.54 Å². The fourth-order valence-corrected chi connectivity index (χ4v) is 6.77. The number of fused-ring (bicyclic) bond motifs is 2. The van der Waals surface area contributed by atoms with Gasteiger partial charge in [0.25, 0.3) is 0 Å². The largest absolute Gasteiger partial charge is 0.479 e. The molecule has 3 aromatic rings. The summed E-state index contributed by atoms with van der Waals surface area (Å²) in [6.07, 6.45) is 6.77. The number of rotatable bonds is 5. The highest BCUT2D eigenvalue weighted by atomic mass is 16.6. The Hall–Kier alpha value is -5.58. The van der Waals surface area contributed by atoms with Crippen molar-refractivity contribution in [3.8, 4) is 28.6 Å². The number of tetrazole rings is 1. The number of nitriles is 1. The zero-order chi connectivity index (χ0) is 36.3. The molecule has 51 heavy (non-hydrogen) atoms. The Morgan fingerprint density at radius 3 is 2.57 bits per heavy atom. The molecule has 3 aliphatic rings. The van der Waals surface area contributed by atoms with Crippen LogP contribution in [0.15, 0.2) is 60.7 Å². The predicted molar refractivity (Wildman–Crippen MR) is 185 cm³/mol.